The maximum Gasteiger partial charge on any atom is 0.411 e. The molecule has 108 valence electrons. The van der Waals surface area contributed by atoms with Gasteiger partial charge in [-0.25, -0.2) is 4.79 Å². The molecule has 2 aromatic carbocycles. The van der Waals surface area contributed by atoms with Crippen LogP contribution in [0.2, 0.25) is 0 Å². The minimum Gasteiger partial charge on any atom is -0.444 e. The van der Waals surface area contributed by atoms with Crippen molar-refractivity contribution in [1.29, 1.82) is 0 Å². The summed E-state index contributed by atoms with van der Waals surface area (Å²) in [7, 11) is 0. The van der Waals surface area contributed by atoms with E-state index >= 15 is 0 Å². The number of rotatable bonds is 4. The van der Waals surface area contributed by atoms with Gasteiger partial charge in [-0.2, -0.15) is 0 Å². The van der Waals surface area contributed by atoms with E-state index in [-0.39, 0.29) is 12.4 Å². The number of amides is 1. The van der Waals surface area contributed by atoms with Crippen LogP contribution in [0.4, 0.5) is 10.5 Å². The molecule has 0 radical (unpaired) electrons. The van der Waals surface area contributed by atoms with Crippen LogP contribution in [0.1, 0.15) is 28.4 Å². The van der Waals surface area contributed by atoms with Crippen LogP contribution in [0.3, 0.4) is 0 Å². The summed E-state index contributed by atoms with van der Waals surface area (Å²) >= 11 is 0. The van der Waals surface area contributed by atoms with Gasteiger partial charge in [-0.05, 0) is 31.0 Å². The predicted molar refractivity (Wildman–Crippen MR) is 81.4 cm³/mol. The van der Waals surface area contributed by atoms with E-state index < -0.39 is 6.09 Å². The van der Waals surface area contributed by atoms with Crippen LogP contribution < -0.4 is 5.32 Å². The monoisotopic (exact) mass is 283 g/mol. The van der Waals surface area contributed by atoms with E-state index in [1.807, 2.05) is 37.3 Å². The average molecular weight is 283 g/mol. The van der Waals surface area contributed by atoms with Crippen LogP contribution in [0.25, 0.3) is 0 Å². The number of Topliss-reactive ketones (excluding diaryl/α,β-unsaturated/α-hetero) is 1. The Kier molecular flexibility index (Phi) is 4.72. The molecule has 0 bridgehead atoms. The number of nitrogens with one attached hydrogen (secondary N) is 1. The first-order valence-electron chi connectivity index (χ1n) is 6.65. The van der Waals surface area contributed by atoms with Crippen molar-refractivity contribution >= 4 is 17.6 Å². The topological polar surface area (TPSA) is 55.4 Å². The summed E-state index contributed by atoms with van der Waals surface area (Å²) < 4.78 is 5.15. The largest absolute Gasteiger partial charge is 0.444 e. The smallest absolute Gasteiger partial charge is 0.411 e. The zero-order valence-electron chi connectivity index (χ0n) is 12.1. The van der Waals surface area contributed by atoms with Gasteiger partial charge in [0.25, 0.3) is 0 Å². The van der Waals surface area contributed by atoms with Gasteiger partial charge in [0.05, 0.1) is 0 Å². The van der Waals surface area contributed by atoms with Gasteiger partial charge in [0.1, 0.15) is 6.61 Å². The zero-order valence-corrected chi connectivity index (χ0v) is 12.1. The maximum absolute atomic E-state index is 11.8. The molecule has 4 heteroatoms. The van der Waals surface area contributed by atoms with Crippen LogP contribution in [0.5, 0.6) is 0 Å². The van der Waals surface area contributed by atoms with Gasteiger partial charge in [-0.1, -0.05) is 42.5 Å². The molecular formula is C17H17NO3. The molecule has 1 amide bonds. The SMILES string of the molecule is CC(=O)c1ccc(C)c(NC(=O)OCc2ccccc2)c1. The van der Waals surface area contributed by atoms with E-state index in [1.54, 1.807) is 18.2 Å². The minimum absolute atomic E-state index is 0.0456. The third-order valence-electron chi connectivity index (χ3n) is 3.09. The Morgan fingerprint density at radius 3 is 2.48 bits per heavy atom. The van der Waals surface area contributed by atoms with Gasteiger partial charge < -0.3 is 4.74 Å². The van der Waals surface area contributed by atoms with Crippen LogP contribution in [0.15, 0.2) is 48.5 Å². The Morgan fingerprint density at radius 1 is 1.10 bits per heavy atom. The molecule has 0 saturated carbocycles. The van der Waals surface area contributed by atoms with Gasteiger partial charge >= 0.3 is 6.09 Å². The molecule has 0 unspecified atom stereocenters. The van der Waals surface area contributed by atoms with E-state index in [9.17, 15) is 9.59 Å². The Hall–Kier alpha value is -2.62. The molecule has 0 heterocycles. The summed E-state index contributed by atoms with van der Waals surface area (Å²) in [5, 5.41) is 2.66. The van der Waals surface area contributed by atoms with Crippen molar-refractivity contribution in [3.63, 3.8) is 0 Å². The standard InChI is InChI=1S/C17H17NO3/c1-12-8-9-15(13(2)19)10-16(12)18-17(20)21-11-14-6-4-3-5-7-14/h3-10H,11H2,1-2H3,(H,18,20). The number of ketones is 1. The van der Waals surface area contributed by atoms with Gasteiger partial charge in [0, 0.05) is 11.3 Å². The molecule has 0 spiro atoms. The number of ether oxygens (including phenoxy) is 1. The first-order valence-corrected chi connectivity index (χ1v) is 6.65. The quantitative estimate of drug-likeness (QED) is 0.864. The summed E-state index contributed by atoms with van der Waals surface area (Å²) in [4.78, 5) is 23.2. The predicted octanol–water partition coefficient (Wildman–Crippen LogP) is 3.95. The molecule has 0 aliphatic rings. The van der Waals surface area contributed by atoms with Crippen LogP contribution in [-0.2, 0) is 11.3 Å². The molecule has 0 fully saturated rings. The van der Waals surface area contributed by atoms with Gasteiger partial charge in [-0.3, -0.25) is 10.1 Å². The summed E-state index contributed by atoms with van der Waals surface area (Å²) in [6, 6.07) is 14.6. The minimum atomic E-state index is -0.539. The van der Waals surface area contributed by atoms with E-state index in [2.05, 4.69) is 5.32 Å². The number of aryl methyl sites for hydroxylation is 1. The van der Waals surface area contributed by atoms with Crippen LogP contribution in [0, 0.1) is 6.92 Å². The highest BCUT2D eigenvalue weighted by Gasteiger charge is 2.08. The molecular weight excluding hydrogens is 266 g/mol. The highest BCUT2D eigenvalue weighted by atomic mass is 16.5. The molecule has 0 aromatic heterocycles. The summed E-state index contributed by atoms with van der Waals surface area (Å²) in [5.41, 5.74) is 2.93. The molecule has 0 aliphatic carbocycles. The first-order chi connectivity index (χ1) is 10.1. The number of hydrogen-bond acceptors (Lipinski definition) is 3. The number of benzene rings is 2. The van der Waals surface area contributed by atoms with E-state index in [0.717, 1.165) is 11.1 Å². The van der Waals surface area contributed by atoms with Crippen molar-refractivity contribution in [2.75, 3.05) is 5.32 Å². The van der Waals surface area contributed by atoms with Gasteiger partial charge in [0.15, 0.2) is 5.78 Å². The summed E-state index contributed by atoms with van der Waals surface area (Å²) in [6.07, 6.45) is -0.539. The van der Waals surface area contributed by atoms with Gasteiger partial charge in [0.2, 0.25) is 0 Å². The third-order valence-corrected chi connectivity index (χ3v) is 3.09. The fourth-order valence-electron chi connectivity index (χ4n) is 1.84. The highest BCUT2D eigenvalue weighted by Crippen LogP contribution is 2.17. The lowest BCUT2D eigenvalue weighted by molar-refractivity contribution is 0.101. The normalized spacial score (nSPS) is 10.0. The average Bonchev–Trinajstić information content (AvgIpc) is 2.48. The van der Waals surface area contributed by atoms with Crippen molar-refractivity contribution in [1.82, 2.24) is 0 Å². The highest BCUT2D eigenvalue weighted by molar-refractivity contribution is 5.96. The van der Waals surface area contributed by atoms with E-state index in [4.69, 9.17) is 4.74 Å². The second-order valence-corrected chi connectivity index (χ2v) is 4.77. The van der Waals surface area contributed by atoms with Crippen LogP contribution in [-0.4, -0.2) is 11.9 Å². The van der Waals surface area contributed by atoms with Crippen molar-refractivity contribution < 1.29 is 14.3 Å². The molecule has 0 atom stereocenters. The zero-order chi connectivity index (χ0) is 15.2. The van der Waals surface area contributed by atoms with Crippen molar-refractivity contribution in [3.05, 3.63) is 65.2 Å². The second-order valence-electron chi connectivity index (χ2n) is 4.77. The maximum atomic E-state index is 11.8. The Balaban J connectivity index is 1.99. The molecule has 4 nitrogen and oxygen atoms in total. The summed E-state index contributed by atoms with van der Waals surface area (Å²) in [6.45, 7) is 3.55. The fraction of sp³-hybridized carbons (Fsp3) is 0.176. The Morgan fingerprint density at radius 2 is 1.81 bits per heavy atom. The van der Waals surface area contributed by atoms with Crippen molar-refractivity contribution in [2.24, 2.45) is 0 Å². The number of anilines is 1. The van der Waals surface area contributed by atoms with Crippen molar-refractivity contribution in [2.45, 2.75) is 20.5 Å². The molecule has 1 N–H and O–H groups in total. The third kappa shape index (κ3) is 4.18. The second kappa shape index (κ2) is 6.70. The lowest BCUT2D eigenvalue weighted by Gasteiger charge is -2.10. The van der Waals surface area contributed by atoms with Crippen molar-refractivity contribution in [3.8, 4) is 0 Å². The number of carbonyl (C=O) groups is 2. The Bertz CT molecular complexity index is 650. The molecule has 0 saturated heterocycles. The molecule has 21 heavy (non-hydrogen) atoms. The molecule has 2 aromatic rings. The molecule has 0 aliphatic heterocycles. The lowest BCUT2D eigenvalue weighted by atomic mass is 10.1. The van der Waals surface area contributed by atoms with E-state index in [0.29, 0.717) is 11.3 Å². The number of carbonyl (C=O) groups excluding carboxylic acids is 2. The fourth-order valence-corrected chi connectivity index (χ4v) is 1.84. The lowest BCUT2D eigenvalue weighted by Crippen LogP contribution is -2.14. The Labute approximate surface area is 123 Å². The van der Waals surface area contributed by atoms with Crippen LogP contribution >= 0.6 is 0 Å². The number of hydrogen-bond donors (Lipinski definition) is 1. The first kappa shape index (κ1) is 14.8. The van der Waals surface area contributed by atoms with E-state index in [1.165, 1.54) is 6.92 Å². The molecule has 2 rings (SSSR count). The summed E-state index contributed by atoms with van der Waals surface area (Å²) in [5.74, 6) is -0.0456. The van der Waals surface area contributed by atoms with Gasteiger partial charge in [-0.15, -0.1) is 0 Å².